The van der Waals surface area contributed by atoms with Crippen LogP contribution in [-0.4, -0.2) is 0 Å². The van der Waals surface area contributed by atoms with Gasteiger partial charge in [0, 0.05) is 37.5 Å². The fourth-order valence-corrected chi connectivity index (χ4v) is 8.78. The molecule has 0 radical (unpaired) electrons. The van der Waals surface area contributed by atoms with Crippen molar-refractivity contribution in [2.45, 2.75) is 19.3 Å². The fraction of sp³-hybridized carbons (Fsp3) is 0.0732. The first-order chi connectivity index (χ1) is 21.1. The molecule has 0 saturated heterocycles. The van der Waals surface area contributed by atoms with E-state index in [4.69, 9.17) is 0 Å². The van der Waals surface area contributed by atoms with Gasteiger partial charge in [-0.2, -0.15) is 0 Å². The highest BCUT2D eigenvalue weighted by molar-refractivity contribution is 7.27. The highest BCUT2D eigenvalue weighted by Gasteiger charge is 2.37. The smallest absolute Gasteiger partial charge is 0.0640 e. The van der Waals surface area contributed by atoms with Crippen molar-refractivity contribution in [2.24, 2.45) is 0 Å². The summed E-state index contributed by atoms with van der Waals surface area (Å²) in [6.07, 6.45) is 0. The van der Waals surface area contributed by atoms with E-state index in [2.05, 4.69) is 158 Å². The summed E-state index contributed by atoms with van der Waals surface area (Å²) in [7, 11) is 0. The summed E-state index contributed by atoms with van der Waals surface area (Å²) in [6, 6.07) is 51.4. The van der Waals surface area contributed by atoms with Gasteiger partial charge in [-0.1, -0.05) is 129 Å². The average Bonchev–Trinajstić information content (AvgIpc) is 3.55. The van der Waals surface area contributed by atoms with Gasteiger partial charge >= 0.3 is 0 Å². The summed E-state index contributed by atoms with van der Waals surface area (Å²) in [5, 5.41) is 7.87. The van der Waals surface area contributed by atoms with E-state index in [1.165, 1.54) is 81.0 Å². The van der Waals surface area contributed by atoms with Crippen LogP contribution in [0.15, 0.2) is 140 Å². The lowest BCUT2D eigenvalue weighted by atomic mass is 9.82. The zero-order valence-electron chi connectivity index (χ0n) is 24.1. The second-order valence-electron chi connectivity index (χ2n) is 12.1. The first-order valence-electron chi connectivity index (χ1n) is 15.0. The minimum Gasteiger partial charge on any atom is -0.308 e. The van der Waals surface area contributed by atoms with E-state index >= 15 is 0 Å². The summed E-state index contributed by atoms with van der Waals surface area (Å²) >= 11 is 1.93. The van der Waals surface area contributed by atoms with E-state index in [1.807, 2.05) is 11.3 Å². The van der Waals surface area contributed by atoms with Gasteiger partial charge in [0.1, 0.15) is 0 Å². The molecule has 8 aromatic rings. The molecule has 0 spiro atoms. The van der Waals surface area contributed by atoms with Gasteiger partial charge in [0.05, 0.1) is 16.1 Å². The molecule has 0 unspecified atom stereocenters. The molecule has 0 bridgehead atoms. The van der Waals surface area contributed by atoms with E-state index in [-0.39, 0.29) is 5.41 Å². The van der Waals surface area contributed by atoms with E-state index in [0.29, 0.717) is 0 Å². The molecule has 2 heteroatoms. The lowest BCUT2D eigenvalue weighted by Crippen LogP contribution is -2.16. The lowest BCUT2D eigenvalue weighted by Gasteiger charge is -2.29. The number of thiophene rings is 1. The zero-order valence-corrected chi connectivity index (χ0v) is 25.0. The Morgan fingerprint density at radius 3 is 2.05 bits per heavy atom. The summed E-state index contributed by atoms with van der Waals surface area (Å²) in [4.78, 5) is 2.50. The third kappa shape index (κ3) is 3.45. The van der Waals surface area contributed by atoms with Gasteiger partial charge in [-0.15, -0.1) is 11.3 Å². The maximum absolute atomic E-state index is 2.50. The standard InChI is InChI=1S/C41H29NS/c1-41(2)33-18-9-8-16-32(33)38-34(41)19-11-20-35(38)42(28-13-4-3-5-14-28)36-21-10-17-30-31-25-24-27-23-22-26-12-6-7-15-29(26)37(27)40(31)43-39(30)36/h3-25H,1-2H3. The quantitative estimate of drug-likeness (QED) is 0.192. The number of anilines is 3. The van der Waals surface area contributed by atoms with Crippen LogP contribution in [0.2, 0.25) is 0 Å². The van der Waals surface area contributed by atoms with Crippen LogP contribution in [0, 0.1) is 0 Å². The van der Waals surface area contributed by atoms with Gasteiger partial charge < -0.3 is 4.90 Å². The molecule has 0 N–H and O–H groups in total. The molecular formula is C41H29NS. The molecule has 43 heavy (non-hydrogen) atoms. The van der Waals surface area contributed by atoms with Crippen molar-refractivity contribution in [3.63, 3.8) is 0 Å². The van der Waals surface area contributed by atoms with Crippen molar-refractivity contribution in [1.82, 2.24) is 0 Å². The number of benzene rings is 7. The van der Waals surface area contributed by atoms with Crippen LogP contribution in [0.4, 0.5) is 17.1 Å². The Kier molecular flexibility index (Phi) is 5.18. The second-order valence-corrected chi connectivity index (χ2v) is 13.1. The normalized spacial score (nSPS) is 13.5. The number of para-hydroxylation sites is 1. The van der Waals surface area contributed by atoms with Gasteiger partial charge in [-0.05, 0) is 57.1 Å². The number of nitrogens with zero attached hydrogens (tertiary/aromatic N) is 1. The molecule has 204 valence electrons. The largest absolute Gasteiger partial charge is 0.308 e. The van der Waals surface area contributed by atoms with E-state index in [9.17, 15) is 0 Å². The van der Waals surface area contributed by atoms with Gasteiger partial charge in [0.15, 0.2) is 0 Å². The van der Waals surface area contributed by atoms with Gasteiger partial charge in [0.25, 0.3) is 0 Å². The molecule has 0 amide bonds. The van der Waals surface area contributed by atoms with Crippen molar-refractivity contribution < 1.29 is 0 Å². The van der Waals surface area contributed by atoms with Crippen LogP contribution >= 0.6 is 11.3 Å². The molecule has 1 aliphatic carbocycles. The predicted molar refractivity (Wildman–Crippen MR) is 187 cm³/mol. The van der Waals surface area contributed by atoms with Gasteiger partial charge in [0.2, 0.25) is 0 Å². The molecule has 1 nitrogen and oxygen atoms in total. The molecule has 1 heterocycles. The van der Waals surface area contributed by atoms with Crippen molar-refractivity contribution in [2.75, 3.05) is 4.90 Å². The number of hydrogen-bond donors (Lipinski definition) is 0. The lowest BCUT2D eigenvalue weighted by molar-refractivity contribution is 0.660. The molecule has 9 rings (SSSR count). The molecule has 1 aliphatic rings. The highest BCUT2D eigenvalue weighted by atomic mass is 32.1. The van der Waals surface area contributed by atoms with E-state index < -0.39 is 0 Å². The van der Waals surface area contributed by atoms with Crippen LogP contribution < -0.4 is 4.90 Å². The second kappa shape index (κ2) is 9.04. The summed E-state index contributed by atoms with van der Waals surface area (Å²) < 4.78 is 2.67. The molecule has 0 fully saturated rings. The first kappa shape index (κ1) is 24.7. The number of rotatable bonds is 3. The third-order valence-electron chi connectivity index (χ3n) is 9.43. The van der Waals surface area contributed by atoms with Gasteiger partial charge in [-0.25, -0.2) is 0 Å². The highest BCUT2D eigenvalue weighted by Crippen LogP contribution is 2.55. The Balaban J connectivity index is 1.38. The SMILES string of the molecule is CC1(C)c2ccccc2-c2c(N(c3ccccc3)c3cccc4c3sc3c4ccc4ccc5ccccc5c43)cccc21. The van der Waals surface area contributed by atoms with Crippen LogP contribution in [0.25, 0.3) is 52.8 Å². The van der Waals surface area contributed by atoms with Crippen molar-refractivity contribution in [1.29, 1.82) is 0 Å². The molecule has 1 aromatic heterocycles. The maximum Gasteiger partial charge on any atom is 0.0640 e. The van der Waals surface area contributed by atoms with E-state index in [0.717, 1.165) is 0 Å². The summed E-state index contributed by atoms with van der Waals surface area (Å²) in [6.45, 7) is 4.72. The van der Waals surface area contributed by atoms with Crippen LogP contribution in [0.5, 0.6) is 0 Å². The Labute approximate surface area is 255 Å². The monoisotopic (exact) mass is 567 g/mol. The van der Waals surface area contributed by atoms with Crippen LogP contribution in [0.3, 0.4) is 0 Å². The number of hydrogen-bond acceptors (Lipinski definition) is 2. The van der Waals surface area contributed by atoms with Crippen molar-refractivity contribution >= 4 is 70.1 Å². The minimum absolute atomic E-state index is 0.0616. The Hall–Kier alpha value is -4.92. The minimum atomic E-state index is -0.0616. The average molecular weight is 568 g/mol. The van der Waals surface area contributed by atoms with E-state index in [1.54, 1.807) is 0 Å². The summed E-state index contributed by atoms with van der Waals surface area (Å²) in [5.41, 5.74) is 8.99. The Morgan fingerprint density at radius 1 is 0.488 bits per heavy atom. The number of fused-ring (bicyclic) bond motifs is 10. The Bertz CT molecular complexity index is 2380. The van der Waals surface area contributed by atoms with Crippen LogP contribution in [0.1, 0.15) is 25.0 Å². The molecule has 7 aromatic carbocycles. The van der Waals surface area contributed by atoms with Crippen molar-refractivity contribution in [3.05, 3.63) is 151 Å². The predicted octanol–water partition coefficient (Wildman–Crippen LogP) is 12.1. The first-order valence-corrected chi connectivity index (χ1v) is 15.8. The third-order valence-corrected chi connectivity index (χ3v) is 10.7. The zero-order chi connectivity index (χ0) is 28.7. The molecular weight excluding hydrogens is 539 g/mol. The maximum atomic E-state index is 2.50. The molecule has 0 saturated carbocycles. The Morgan fingerprint density at radius 2 is 1.14 bits per heavy atom. The molecule has 0 aliphatic heterocycles. The fourth-order valence-electron chi connectivity index (χ4n) is 7.41. The topological polar surface area (TPSA) is 3.24 Å². The van der Waals surface area contributed by atoms with Crippen LogP contribution in [-0.2, 0) is 5.41 Å². The summed E-state index contributed by atoms with van der Waals surface area (Å²) in [5.74, 6) is 0. The van der Waals surface area contributed by atoms with Crippen molar-refractivity contribution in [3.8, 4) is 11.1 Å². The van der Waals surface area contributed by atoms with Gasteiger partial charge in [-0.3, -0.25) is 0 Å². The molecule has 0 atom stereocenters.